The van der Waals surface area contributed by atoms with Gasteiger partial charge in [0.05, 0.1) is 11.9 Å². The van der Waals surface area contributed by atoms with E-state index in [1.165, 1.54) is 16.2 Å². The first-order valence-corrected chi connectivity index (χ1v) is 8.99. The van der Waals surface area contributed by atoms with Crippen LogP contribution in [0.25, 0.3) is 10.2 Å². The molecule has 0 aliphatic heterocycles. The SMILES string of the molecule is Cc1sc2nc(CCNC(=O)N(C)Cc3nncn3C)[nH]c(=O)c2c1C. The highest BCUT2D eigenvalue weighted by molar-refractivity contribution is 7.18. The second kappa shape index (κ2) is 7.24. The maximum absolute atomic E-state index is 12.2. The fraction of sp³-hybridized carbons (Fsp3) is 0.438. The van der Waals surface area contributed by atoms with Gasteiger partial charge in [0.1, 0.15) is 17.0 Å². The maximum Gasteiger partial charge on any atom is 0.317 e. The lowest BCUT2D eigenvalue weighted by molar-refractivity contribution is 0.205. The molecule has 10 heteroatoms. The van der Waals surface area contributed by atoms with Gasteiger partial charge in [-0.1, -0.05) is 0 Å². The van der Waals surface area contributed by atoms with Gasteiger partial charge in [0.25, 0.3) is 5.56 Å². The lowest BCUT2D eigenvalue weighted by Crippen LogP contribution is -2.38. The van der Waals surface area contributed by atoms with E-state index in [2.05, 4.69) is 25.5 Å². The Balaban J connectivity index is 1.59. The molecule has 0 spiro atoms. The molecule has 2 N–H and O–H groups in total. The number of thiophene rings is 1. The van der Waals surface area contributed by atoms with Crippen LogP contribution in [0.3, 0.4) is 0 Å². The smallest absolute Gasteiger partial charge is 0.317 e. The van der Waals surface area contributed by atoms with Crippen molar-refractivity contribution in [2.24, 2.45) is 7.05 Å². The molecular formula is C16H21N7O2S. The minimum absolute atomic E-state index is 0.127. The summed E-state index contributed by atoms with van der Waals surface area (Å²) in [6, 6.07) is -0.223. The Morgan fingerprint density at radius 1 is 1.42 bits per heavy atom. The van der Waals surface area contributed by atoms with Crippen LogP contribution in [0.4, 0.5) is 4.79 Å². The van der Waals surface area contributed by atoms with Crippen molar-refractivity contribution in [3.05, 3.63) is 38.8 Å². The van der Waals surface area contributed by atoms with Crippen LogP contribution in [0.1, 0.15) is 22.1 Å². The molecule has 0 aliphatic rings. The van der Waals surface area contributed by atoms with E-state index in [4.69, 9.17) is 0 Å². The van der Waals surface area contributed by atoms with E-state index in [9.17, 15) is 9.59 Å². The molecule has 0 aromatic carbocycles. The van der Waals surface area contributed by atoms with Gasteiger partial charge in [-0.2, -0.15) is 0 Å². The van der Waals surface area contributed by atoms with Crippen LogP contribution in [0.5, 0.6) is 0 Å². The van der Waals surface area contributed by atoms with E-state index in [-0.39, 0.29) is 11.6 Å². The zero-order valence-electron chi connectivity index (χ0n) is 15.2. The molecule has 0 aliphatic carbocycles. The Hall–Kier alpha value is -2.75. The van der Waals surface area contributed by atoms with Crippen molar-refractivity contribution in [3.63, 3.8) is 0 Å². The highest BCUT2D eigenvalue weighted by Gasteiger charge is 2.13. The van der Waals surface area contributed by atoms with Gasteiger partial charge in [0, 0.05) is 31.9 Å². The average molecular weight is 375 g/mol. The Labute approximate surface area is 154 Å². The van der Waals surface area contributed by atoms with Crippen LogP contribution in [0.15, 0.2) is 11.1 Å². The molecule has 0 saturated heterocycles. The number of urea groups is 1. The number of fused-ring (bicyclic) bond motifs is 1. The molecule has 3 aromatic heterocycles. The third-order valence-electron chi connectivity index (χ3n) is 4.26. The lowest BCUT2D eigenvalue weighted by atomic mass is 10.2. The monoisotopic (exact) mass is 375 g/mol. The lowest BCUT2D eigenvalue weighted by Gasteiger charge is -2.17. The van der Waals surface area contributed by atoms with Crippen molar-refractivity contribution >= 4 is 27.6 Å². The van der Waals surface area contributed by atoms with Crippen LogP contribution in [0, 0.1) is 13.8 Å². The summed E-state index contributed by atoms with van der Waals surface area (Å²) < 4.78 is 1.76. The number of rotatable bonds is 5. The average Bonchev–Trinajstić information content (AvgIpc) is 3.11. The van der Waals surface area contributed by atoms with E-state index in [1.54, 1.807) is 17.9 Å². The highest BCUT2D eigenvalue weighted by Crippen LogP contribution is 2.25. The third-order valence-corrected chi connectivity index (χ3v) is 5.36. The summed E-state index contributed by atoms with van der Waals surface area (Å²) in [7, 11) is 3.51. The molecule has 3 aromatic rings. The summed E-state index contributed by atoms with van der Waals surface area (Å²) in [6.07, 6.45) is 2.04. The van der Waals surface area contributed by atoms with Gasteiger partial charge in [-0.15, -0.1) is 21.5 Å². The van der Waals surface area contributed by atoms with Crippen molar-refractivity contribution in [2.75, 3.05) is 13.6 Å². The topological polar surface area (TPSA) is 109 Å². The van der Waals surface area contributed by atoms with Gasteiger partial charge in [-0.05, 0) is 19.4 Å². The van der Waals surface area contributed by atoms with Gasteiger partial charge in [0.15, 0.2) is 5.82 Å². The van der Waals surface area contributed by atoms with Gasteiger partial charge in [-0.3, -0.25) is 4.79 Å². The molecule has 2 amide bonds. The fourth-order valence-corrected chi connectivity index (χ4v) is 3.62. The number of aryl methyl sites for hydroxylation is 3. The second-order valence-corrected chi connectivity index (χ2v) is 7.38. The van der Waals surface area contributed by atoms with Crippen LogP contribution in [-0.4, -0.2) is 49.3 Å². The second-order valence-electron chi connectivity index (χ2n) is 6.17. The minimum Gasteiger partial charge on any atom is -0.338 e. The Bertz CT molecular complexity index is 1000. The molecular weight excluding hydrogens is 354 g/mol. The predicted octanol–water partition coefficient (Wildman–Crippen LogP) is 1.11. The van der Waals surface area contributed by atoms with E-state index in [0.29, 0.717) is 36.5 Å². The number of nitrogens with zero attached hydrogens (tertiary/aromatic N) is 5. The summed E-state index contributed by atoms with van der Waals surface area (Å²) in [5.41, 5.74) is 0.849. The molecule has 0 atom stereocenters. The van der Waals surface area contributed by atoms with Gasteiger partial charge >= 0.3 is 6.03 Å². The molecule has 0 fully saturated rings. The Morgan fingerprint density at radius 2 is 2.19 bits per heavy atom. The zero-order valence-corrected chi connectivity index (χ0v) is 16.0. The Kier molecular flexibility index (Phi) is 5.03. The number of aromatic nitrogens is 5. The summed E-state index contributed by atoms with van der Waals surface area (Å²) >= 11 is 1.51. The molecule has 0 bridgehead atoms. The predicted molar refractivity (Wildman–Crippen MR) is 99.3 cm³/mol. The van der Waals surface area contributed by atoms with E-state index >= 15 is 0 Å². The number of carbonyl (C=O) groups is 1. The summed E-state index contributed by atoms with van der Waals surface area (Å²) in [5, 5.41) is 11.2. The maximum atomic E-state index is 12.2. The fourth-order valence-electron chi connectivity index (χ4n) is 2.57. The number of nitrogens with one attached hydrogen (secondary N) is 2. The van der Waals surface area contributed by atoms with Crippen LogP contribution >= 0.6 is 11.3 Å². The van der Waals surface area contributed by atoms with E-state index in [0.717, 1.165) is 15.3 Å². The first-order valence-electron chi connectivity index (χ1n) is 8.17. The van der Waals surface area contributed by atoms with Crippen LogP contribution < -0.4 is 10.9 Å². The third kappa shape index (κ3) is 3.59. The van der Waals surface area contributed by atoms with Crippen molar-refractivity contribution < 1.29 is 4.79 Å². The van der Waals surface area contributed by atoms with Gasteiger partial charge in [-0.25, -0.2) is 9.78 Å². The molecule has 0 saturated carbocycles. The minimum atomic E-state index is -0.223. The zero-order chi connectivity index (χ0) is 18.8. The summed E-state index contributed by atoms with van der Waals surface area (Å²) in [6.45, 7) is 4.64. The number of hydrogen-bond acceptors (Lipinski definition) is 6. The number of H-pyrrole nitrogens is 1. The van der Waals surface area contributed by atoms with Crippen molar-refractivity contribution in [1.29, 1.82) is 0 Å². The quantitative estimate of drug-likeness (QED) is 0.694. The van der Waals surface area contributed by atoms with Crippen molar-refractivity contribution in [3.8, 4) is 0 Å². The highest BCUT2D eigenvalue weighted by atomic mass is 32.1. The number of amides is 2. The number of carbonyl (C=O) groups excluding carboxylic acids is 1. The van der Waals surface area contributed by atoms with E-state index in [1.807, 2.05) is 20.9 Å². The van der Waals surface area contributed by atoms with Crippen LogP contribution in [-0.2, 0) is 20.0 Å². The molecule has 9 nitrogen and oxygen atoms in total. The summed E-state index contributed by atoms with van der Waals surface area (Å²) in [4.78, 5) is 35.1. The molecule has 138 valence electrons. The first kappa shape index (κ1) is 18.1. The van der Waals surface area contributed by atoms with E-state index < -0.39 is 0 Å². The molecule has 0 radical (unpaired) electrons. The Morgan fingerprint density at radius 3 is 2.88 bits per heavy atom. The molecule has 26 heavy (non-hydrogen) atoms. The normalized spacial score (nSPS) is 11.1. The standard InChI is InChI=1S/C16H21N7O2S/c1-9-10(2)26-15-13(9)14(24)19-11(20-15)5-6-17-16(25)22(3)7-12-21-18-8-23(12)4/h8H,5-7H2,1-4H3,(H,17,25)(H,19,20,24). The number of hydrogen-bond donors (Lipinski definition) is 2. The number of aromatic amines is 1. The first-order chi connectivity index (χ1) is 12.4. The summed E-state index contributed by atoms with van der Waals surface area (Å²) in [5.74, 6) is 1.27. The van der Waals surface area contributed by atoms with Crippen molar-refractivity contribution in [1.82, 2.24) is 34.9 Å². The molecule has 0 unspecified atom stereocenters. The van der Waals surface area contributed by atoms with Crippen LogP contribution in [0.2, 0.25) is 0 Å². The molecule has 3 heterocycles. The largest absolute Gasteiger partial charge is 0.338 e. The van der Waals surface area contributed by atoms with Crippen molar-refractivity contribution in [2.45, 2.75) is 26.8 Å². The molecule has 3 rings (SSSR count). The van der Waals surface area contributed by atoms with Gasteiger partial charge < -0.3 is 19.8 Å². The van der Waals surface area contributed by atoms with Gasteiger partial charge in [0.2, 0.25) is 0 Å².